The predicted molar refractivity (Wildman–Crippen MR) is 129 cm³/mol. The Bertz CT molecular complexity index is 1250. The summed E-state index contributed by atoms with van der Waals surface area (Å²) in [6.45, 7) is -0.0346. The molecule has 2 amide bonds. The number of amides is 2. The molecule has 34 heavy (non-hydrogen) atoms. The summed E-state index contributed by atoms with van der Waals surface area (Å²) < 4.78 is 16.3. The minimum Gasteiger partial charge on any atom is -0.493 e. The fourth-order valence-electron chi connectivity index (χ4n) is 3.40. The SMILES string of the molecule is COc1cccc(-c2nc(C(=O)N(CC(=O)Nc3ccccc3)Cc3ccco3)cs2)c1OC. The van der Waals surface area contributed by atoms with Gasteiger partial charge in [0.25, 0.3) is 5.91 Å². The van der Waals surface area contributed by atoms with Crippen LogP contribution in [0.1, 0.15) is 16.2 Å². The topological polar surface area (TPSA) is 93.9 Å². The second-order valence-corrected chi connectivity index (χ2v) is 8.09. The van der Waals surface area contributed by atoms with Gasteiger partial charge < -0.3 is 24.1 Å². The van der Waals surface area contributed by atoms with E-state index in [2.05, 4.69) is 10.3 Å². The fraction of sp³-hybridized carbons (Fsp3) is 0.160. The predicted octanol–water partition coefficient (Wildman–Crippen LogP) is 4.70. The van der Waals surface area contributed by atoms with Gasteiger partial charge in [0.05, 0.1) is 32.6 Å². The van der Waals surface area contributed by atoms with Crippen molar-refractivity contribution < 1.29 is 23.5 Å². The van der Waals surface area contributed by atoms with Crippen LogP contribution in [0.15, 0.2) is 76.7 Å². The molecule has 0 fully saturated rings. The normalized spacial score (nSPS) is 10.5. The maximum Gasteiger partial charge on any atom is 0.274 e. The molecule has 2 aromatic heterocycles. The first-order valence-electron chi connectivity index (χ1n) is 10.4. The third-order valence-corrected chi connectivity index (χ3v) is 5.84. The molecule has 0 unspecified atom stereocenters. The van der Waals surface area contributed by atoms with E-state index in [0.29, 0.717) is 33.5 Å². The van der Waals surface area contributed by atoms with Crippen LogP contribution in [0.5, 0.6) is 11.5 Å². The Labute approximate surface area is 200 Å². The zero-order valence-corrected chi connectivity index (χ0v) is 19.5. The van der Waals surface area contributed by atoms with Gasteiger partial charge in [0.1, 0.15) is 23.0 Å². The molecule has 174 valence electrons. The number of hydrogen-bond donors (Lipinski definition) is 1. The number of thiazole rings is 1. The number of benzene rings is 2. The van der Waals surface area contributed by atoms with Crippen LogP contribution in [0.3, 0.4) is 0 Å². The number of carbonyl (C=O) groups excluding carboxylic acids is 2. The van der Waals surface area contributed by atoms with E-state index in [0.717, 1.165) is 0 Å². The number of aromatic nitrogens is 1. The van der Waals surface area contributed by atoms with Gasteiger partial charge >= 0.3 is 0 Å². The number of para-hydroxylation sites is 2. The molecule has 0 bridgehead atoms. The zero-order valence-electron chi connectivity index (χ0n) is 18.7. The van der Waals surface area contributed by atoms with Crippen molar-refractivity contribution in [3.8, 4) is 22.1 Å². The first-order chi connectivity index (χ1) is 16.6. The highest BCUT2D eigenvalue weighted by Gasteiger charge is 2.24. The van der Waals surface area contributed by atoms with Gasteiger partial charge in [-0.3, -0.25) is 9.59 Å². The molecule has 0 atom stereocenters. The molecule has 9 heteroatoms. The number of carbonyl (C=O) groups is 2. The maximum atomic E-state index is 13.4. The molecule has 2 heterocycles. The van der Waals surface area contributed by atoms with E-state index >= 15 is 0 Å². The summed E-state index contributed by atoms with van der Waals surface area (Å²) in [7, 11) is 3.11. The van der Waals surface area contributed by atoms with Crippen LogP contribution in [-0.2, 0) is 11.3 Å². The molecule has 0 aliphatic carbocycles. The van der Waals surface area contributed by atoms with E-state index < -0.39 is 0 Å². The third-order valence-electron chi connectivity index (χ3n) is 4.96. The molecular weight excluding hydrogens is 454 g/mol. The quantitative estimate of drug-likeness (QED) is 0.376. The largest absolute Gasteiger partial charge is 0.493 e. The lowest BCUT2D eigenvalue weighted by molar-refractivity contribution is -0.117. The van der Waals surface area contributed by atoms with Gasteiger partial charge in [-0.15, -0.1) is 11.3 Å². The van der Waals surface area contributed by atoms with Crippen molar-refractivity contribution in [3.63, 3.8) is 0 Å². The second-order valence-electron chi connectivity index (χ2n) is 7.23. The van der Waals surface area contributed by atoms with Crippen molar-refractivity contribution in [3.05, 3.63) is 83.8 Å². The van der Waals surface area contributed by atoms with Gasteiger partial charge in [-0.2, -0.15) is 0 Å². The molecule has 2 aromatic carbocycles. The minimum absolute atomic E-state index is 0.128. The van der Waals surface area contributed by atoms with Crippen LogP contribution in [0.25, 0.3) is 10.6 Å². The first-order valence-corrected chi connectivity index (χ1v) is 11.3. The van der Waals surface area contributed by atoms with Gasteiger partial charge in [-0.1, -0.05) is 24.3 Å². The van der Waals surface area contributed by atoms with Crippen molar-refractivity contribution in [2.45, 2.75) is 6.54 Å². The summed E-state index contributed by atoms with van der Waals surface area (Å²) >= 11 is 1.31. The highest BCUT2D eigenvalue weighted by Crippen LogP contribution is 2.39. The van der Waals surface area contributed by atoms with E-state index in [1.54, 1.807) is 49.9 Å². The van der Waals surface area contributed by atoms with Crippen LogP contribution in [-0.4, -0.2) is 42.5 Å². The molecule has 0 radical (unpaired) electrons. The molecule has 0 aliphatic heterocycles. The molecule has 4 aromatic rings. The van der Waals surface area contributed by atoms with Crippen LogP contribution in [0, 0.1) is 0 Å². The summed E-state index contributed by atoms with van der Waals surface area (Å²) in [6.07, 6.45) is 1.53. The summed E-state index contributed by atoms with van der Waals surface area (Å²) in [5, 5.41) is 5.08. The minimum atomic E-state index is -0.385. The van der Waals surface area contributed by atoms with E-state index in [1.165, 1.54) is 22.5 Å². The Kier molecular flexibility index (Phi) is 7.24. The van der Waals surface area contributed by atoms with Gasteiger partial charge in [-0.05, 0) is 36.4 Å². The lowest BCUT2D eigenvalue weighted by Crippen LogP contribution is -2.37. The molecular formula is C25H23N3O5S. The van der Waals surface area contributed by atoms with Crippen molar-refractivity contribution in [2.24, 2.45) is 0 Å². The lowest BCUT2D eigenvalue weighted by atomic mass is 10.2. The number of ether oxygens (including phenoxy) is 2. The van der Waals surface area contributed by atoms with Crippen LogP contribution >= 0.6 is 11.3 Å². The van der Waals surface area contributed by atoms with Gasteiger partial charge in [-0.25, -0.2) is 4.98 Å². The van der Waals surface area contributed by atoms with Crippen LogP contribution in [0.2, 0.25) is 0 Å². The number of hydrogen-bond acceptors (Lipinski definition) is 7. The molecule has 0 spiro atoms. The van der Waals surface area contributed by atoms with E-state index in [-0.39, 0.29) is 30.6 Å². The number of furan rings is 1. The molecule has 8 nitrogen and oxygen atoms in total. The van der Waals surface area contributed by atoms with Crippen LogP contribution < -0.4 is 14.8 Å². The Balaban J connectivity index is 1.57. The Morgan fingerprint density at radius 2 is 1.85 bits per heavy atom. The average Bonchev–Trinajstić information content (AvgIpc) is 3.55. The van der Waals surface area contributed by atoms with Crippen molar-refractivity contribution in [2.75, 3.05) is 26.1 Å². The Morgan fingerprint density at radius 3 is 2.56 bits per heavy atom. The van der Waals surface area contributed by atoms with E-state index in [1.807, 2.05) is 30.3 Å². The number of rotatable bonds is 9. The number of nitrogens with zero attached hydrogens (tertiary/aromatic N) is 2. The fourth-order valence-corrected chi connectivity index (χ4v) is 4.21. The highest BCUT2D eigenvalue weighted by molar-refractivity contribution is 7.13. The smallest absolute Gasteiger partial charge is 0.274 e. The summed E-state index contributed by atoms with van der Waals surface area (Å²) in [5.74, 6) is 0.957. The van der Waals surface area contributed by atoms with Gasteiger partial charge in [0.15, 0.2) is 11.5 Å². The molecule has 0 saturated heterocycles. The molecule has 4 rings (SSSR count). The summed E-state index contributed by atoms with van der Waals surface area (Å²) in [5.41, 5.74) is 1.59. The zero-order chi connectivity index (χ0) is 23.9. The van der Waals surface area contributed by atoms with Gasteiger partial charge in [0.2, 0.25) is 5.91 Å². The van der Waals surface area contributed by atoms with Crippen molar-refractivity contribution >= 4 is 28.8 Å². The Hall–Kier alpha value is -4.11. The Morgan fingerprint density at radius 1 is 1.03 bits per heavy atom. The standard InChI is InChI=1S/C25H23N3O5S/c1-31-21-12-6-11-19(23(21)32-2)24-27-20(16-34-24)25(30)28(14-18-10-7-13-33-18)15-22(29)26-17-8-4-3-5-9-17/h3-13,16H,14-15H2,1-2H3,(H,26,29). The average molecular weight is 478 g/mol. The number of nitrogens with one attached hydrogen (secondary N) is 1. The monoisotopic (exact) mass is 477 g/mol. The van der Waals surface area contributed by atoms with Gasteiger partial charge in [0, 0.05) is 11.1 Å². The van der Waals surface area contributed by atoms with E-state index in [4.69, 9.17) is 13.9 Å². The molecule has 0 aliphatic rings. The first kappa shape index (κ1) is 23.1. The van der Waals surface area contributed by atoms with Crippen molar-refractivity contribution in [1.29, 1.82) is 0 Å². The van der Waals surface area contributed by atoms with Crippen LogP contribution in [0.4, 0.5) is 5.69 Å². The number of methoxy groups -OCH3 is 2. The molecule has 0 saturated carbocycles. The second kappa shape index (κ2) is 10.7. The molecule has 1 N–H and O–H groups in total. The summed E-state index contributed by atoms with van der Waals surface area (Å²) in [4.78, 5) is 32.0. The van der Waals surface area contributed by atoms with Crippen molar-refractivity contribution in [1.82, 2.24) is 9.88 Å². The third kappa shape index (κ3) is 5.26. The highest BCUT2D eigenvalue weighted by atomic mass is 32.1. The maximum absolute atomic E-state index is 13.4. The lowest BCUT2D eigenvalue weighted by Gasteiger charge is -2.20. The number of anilines is 1. The summed E-state index contributed by atoms with van der Waals surface area (Å²) in [6, 6.07) is 18.0. The van der Waals surface area contributed by atoms with E-state index in [9.17, 15) is 9.59 Å².